The Morgan fingerprint density at radius 1 is 1.80 bits per heavy atom. The molecule has 0 unspecified atom stereocenters. The minimum atomic E-state index is -0.806. The lowest BCUT2D eigenvalue weighted by atomic mass is 10.4. The van der Waals surface area contributed by atoms with E-state index in [9.17, 15) is 4.79 Å². The van der Waals surface area contributed by atoms with Crippen LogP contribution in [-0.4, -0.2) is 12.0 Å². The van der Waals surface area contributed by atoms with Gasteiger partial charge >= 0.3 is 5.43 Å². The summed E-state index contributed by atoms with van der Waals surface area (Å²) in [6.45, 7) is 2.31. The summed E-state index contributed by atoms with van der Waals surface area (Å²) in [4.78, 5) is 10.2. The van der Waals surface area contributed by atoms with Crippen LogP contribution in [0.25, 0.3) is 0 Å². The molecule has 0 aromatic rings. The molecule has 1 aliphatic rings. The SMILES string of the molecule is CC1=C(OC(=O)Cl)CCO1. The summed E-state index contributed by atoms with van der Waals surface area (Å²) >= 11 is 4.97. The van der Waals surface area contributed by atoms with E-state index in [2.05, 4.69) is 4.74 Å². The summed E-state index contributed by atoms with van der Waals surface area (Å²) in [6.07, 6.45) is 0.629. The fourth-order valence-electron chi connectivity index (χ4n) is 0.773. The van der Waals surface area contributed by atoms with E-state index < -0.39 is 5.43 Å². The van der Waals surface area contributed by atoms with Crippen LogP contribution in [-0.2, 0) is 9.47 Å². The second-order valence-electron chi connectivity index (χ2n) is 1.92. The van der Waals surface area contributed by atoms with E-state index >= 15 is 0 Å². The average molecular weight is 163 g/mol. The zero-order valence-corrected chi connectivity index (χ0v) is 6.27. The molecule has 1 heterocycles. The summed E-state index contributed by atoms with van der Waals surface area (Å²) in [5.41, 5.74) is -0.806. The van der Waals surface area contributed by atoms with Gasteiger partial charge in [0.05, 0.1) is 6.61 Å². The van der Waals surface area contributed by atoms with Crippen LogP contribution in [0.2, 0.25) is 0 Å². The fraction of sp³-hybridized carbons (Fsp3) is 0.500. The lowest BCUT2D eigenvalue weighted by Crippen LogP contribution is -1.93. The Morgan fingerprint density at radius 2 is 2.50 bits per heavy atom. The number of hydrogen-bond acceptors (Lipinski definition) is 3. The second-order valence-corrected chi connectivity index (χ2v) is 2.23. The smallest absolute Gasteiger partial charge is 0.408 e. The van der Waals surface area contributed by atoms with Gasteiger partial charge in [-0.15, -0.1) is 0 Å². The quantitative estimate of drug-likeness (QED) is 0.554. The van der Waals surface area contributed by atoms with Crippen molar-refractivity contribution in [2.45, 2.75) is 13.3 Å². The molecule has 56 valence electrons. The summed E-state index contributed by atoms with van der Waals surface area (Å²) in [7, 11) is 0. The molecule has 4 heteroatoms. The molecule has 0 atom stereocenters. The molecular weight excluding hydrogens is 156 g/mol. The zero-order chi connectivity index (χ0) is 7.56. The monoisotopic (exact) mass is 162 g/mol. The molecule has 0 N–H and O–H groups in total. The molecule has 0 radical (unpaired) electrons. The Kier molecular flexibility index (Phi) is 2.17. The highest BCUT2D eigenvalue weighted by molar-refractivity contribution is 6.61. The third kappa shape index (κ3) is 1.64. The number of carbonyl (C=O) groups is 1. The average Bonchev–Trinajstić information content (AvgIpc) is 2.15. The minimum Gasteiger partial charge on any atom is -0.494 e. The topological polar surface area (TPSA) is 35.5 Å². The standard InChI is InChI=1S/C6H7ClO3/c1-4-5(2-3-9-4)10-6(7)8/h2-3H2,1H3. The van der Waals surface area contributed by atoms with Crippen LogP contribution >= 0.6 is 11.6 Å². The number of ether oxygens (including phenoxy) is 2. The molecule has 1 aliphatic heterocycles. The number of halogens is 1. The molecule has 0 saturated carbocycles. The van der Waals surface area contributed by atoms with E-state index in [1.165, 1.54) is 0 Å². The van der Waals surface area contributed by atoms with E-state index in [1.54, 1.807) is 6.92 Å². The number of rotatable bonds is 1. The number of hydrogen-bond donors (Lipinski definition) is 0. The lowest BCUT2D eigenvalue weighted by molar-refractivity contribution is 0.200. The van der Waals surface area contributed by atoms with Crippen LogP contribution in [0, 0.1) is 0 Å². The van der Waals surface area contributed by atoms with Gasteiger partial charge in [-0.3, -0.25) is 0 Å². The van der Waals surface area contributed by atoms with Crippen molar-refractivity contribution < 1.29 is 14.3 Å². The summed E-state index contributed by atoms with van der Waals surface area (Å²) in [5, 5.41) is 0. The van der Waals surface area contributed by atoms with Gasteiger partial charge in [0.1, 0.15) is 11.5 Å². The van der Waals surface area contributed by atoms with E-state index in [4.69, 9.17) is 16.3 Å². The highest BCUT2D eigenvalue weighted by Crippen LogP contribution is 2.19. The van der Waals surface area contributed by atoms with Gasteiger partial charge in [-0.1, -0.05) is 0 Å². The van der Waals surface area contributed by atoms with Crippen molar-refractivity contribution in [1.82, 2.24) is 0 Å². The Hall–Kier alpha value is -0.700. The van der Waals surface area contributed by atoms with Gasteiger partial charge in [-0.05, 0) is 6.92 Å². The van der Waals surface area contributed by atoms with Crippen molar-refractivity contribution in [3.05, 3.63) is 11.5 Å². The minimum absolute atomic E-state index is 0.542. The largest absolute Gasteiger partial charge is 0.494 e. The summed E-state index contributed by atoms with van der Waals surface area (Å²) in [5.74, 6) is 1.19. The van der Waals surface area contributed by atoms with Gasteiger partial charge < -0.3 is 9.47 Å². The predicted molar refractivity (Wildman–Crippen MR) is 35.6 cm³/mol. The van der Waals surface area contributed by atoms with Gasteiger partial charge in [0.15, 0.2) is 0 Å². The predicted octanol–water partition coefficient (Wildman–Crippen LogP) is 2.01. The molecule has 10 heavy (non-hydrogen) atoms. The van der Waals surface area contributed by atoms with Crippen LogP contribution in [0.4, 0.5) is 4.79 Å². The Bertz CT molecular complexity index is 185. The fourth-order valence-corrected chi connectivity index (χ4v) is 0.866. The van der Waals surface area contributed by atoms with Crippen LogP contribution in [0.5, 0.6) is 0 Å². The Morgan fingerprint density at radius 3 is 2.90 bits per heavy atom. The van der Waals surface area contributed by atoms with E-state index in [0.29, 0.717) is 24.5 Å². The van der Waals surface area contributed by atoms with Gasteiger partial charge in [0.25, 0.3) is 0 Å². The first kappa shape index (κ1) is 7.41. The molecule has 0 bridgehead atoms. The second kappa shape index (κ2) is 2.92. The van der Waals surface area contributed by atoms with Gasteiger partial charge in [0, 0.05) is 18.0 Å². The Balaban J connectivity index is 2.54. The summed E-state index contributed by atoms with van der Waals surface area (Å²) < 4.78 is 9.61. The van der Waals surface area contributed by atoms with Crippen LogP contribution in [0.3, 0.4) is 0 Å². The number of carbonyl (C=O) groups excluding carboxylic acids is 1. The van der Waals surface area contributed by atoms with E-state index in [1.807, 2.05) is 0 Å². The van der Waals surface area contributed by atoms with Crippen molar-refractivity contribution in [3.63, 3.8) is 0 Å². The van der Waals surface area contributed by atoms with Crippen LogP contribution in [0.15, 0.2) is 11.5 Å². The Labute approximate surface area is 63.6 Å². The molecule has 0 aliphatic carbocycles. The molecule has 0 fully saturated rings. The molecule has 0 spiro atoms. The van der Waals surface area contributed by atoms with Gasteiger partial charge in [0.2, 0.25) is 0 Å². The first-order chi connectivity index (χ1) is 4.70. The maximum absolute atomic E-state index is 10.2. The lowest BCUT2D eigenvalue weighted by Gasteiger charge is -1.97. The molecule has 3 nitrogen and oxygen atoms in total. The summed E-state index contributed by atoms with van der Waals surface area (Å²) in [6, 6.07) is 0. The number of allylic oxidation sites excluding steroid dienone is 1. The van der Waals surface area contributed by atoms with E-state index in [-0.39, 0.29) is 0 Å². The zero-order valence-electron chi connectivity index (χ0n) is 5.52. The first-order valence-corrected chi connectivity index (χ1v) is 3.28. The van der Waals surface area contributed by atoms with Crippen molar-refractivity contribution in [2.75, 3.05) is 6.61 Å². The molecular formula is C6H7ClO3. The van der Waals surface area contributed by atoms with Crippen molar-refractivity contribution >= 4 is 17.0 Å². The molecule has 0 amide bonds. The normalized spacial score (nSPS) is 17.0. The van der Waals surface area contributed by atoms with Crippen molar-refractivity contribution in [3.8, 4) is 0 Å². The maximum atomic E-state index is 10.2. The third-order valence-corrected chi connectivity index (χ3v) is 1.32. The van der Waals surface area contributed by atoms with Crippen LogP contribution in [0.1, 0.15) is 13.3 Å². The highest BCUT2D eigenvalue weighted by atomic mass is 35.5. The van der Waals surface area contributed by atoms with Crippen molar-refractivity contribution in [1.29, 1.82) is 0 Å². The third-order valence-electron chi connectivity index (χ3n) is 1.24. The molecule has 1 rings (SSSR count). The molecule has 0 aromatic carbocycles. The maximum Gasteiger partial charge on any atom is 0.408 e. The highest BCUT2D eigenvalue weighted by Gasteiger charge is 2.15. The molecule has 0 aromatic heterocycles. The van der Waals surface area contributed by atoms with E-state index in [0.717, 1.165) is 0 Å². The van der Waals surface area contributed by atoms with Crippen LogP contribution < -0.4 is 0 Å². The van der Waals surface area contributed by atoms with Gasteiger partial charge in [-0.25, -0.2) is 4.79 Å². The van der Waals surface area contributed by atoms with Crippen molar-refractivity contribution in [2.24, 2.45) is 0 Å². The molecule has 0 saturated heterocycles. The van der Waals surface area contributed by atoms with Gasteiger partial charge in [-0.2, -0.15) is 0 Å². The first-order valence-electron chi connectivity index (χ1n) is 2.90.